The second-order valence-corrected chi connectivity index (χ2v) is 9.05. The zero-order valence-electron chi connectivity index (χ0n) is 15.3. The van der Waals surface area contributed by atoms with E-state index in [0.29, 0.717) is 23.8 Å². The summed E-state index contributed by atoms with van der Waals surface area (Å²) in [4.78, 5) is 16.9. The Labute approximate surface area is 185 Å². The summed E-state index contributed by atoms with van der Waals surface area (Å²) in [5.41, 5.74) is 4.17. The number of nitrogens with one attached hydrogen (secondary N) is 1. The number of nitrogens with zero attached hydrogens (tertiary/aromatic N) is 2. The lowest BCUT2D eigenvalue weighted by Gasteiger charge is -2.17. The number of aryl methyl sites for hydroxylation is 1. The van der Waals surface area contributed by atoms with Gasteiger partial charge in [-0.25, -0.2) is 9.78 Å². The van der Waals surface area contributed by atoms with E-state index in [4.69, 9.17) is 4.74 Å². The predicted octanol–water partition coefficient (Wildman–Crippen LogP) is 5.86. The van der Waals surface area contributed by atoms with Crippen molar-refractivity contribution in [2.75, 3.05) is 11.9 Å². The summed E-state index contributed by atoms with van der Waals surface area (Å²) in [5, 5.41) is 3.42. The average molecular weight is 552 g/mol. The molecule has 1 aliphatic rings. The van der Waals surface area contributed by atoms with Gasteiger partial charge in [0.2, 0.25) is 0 Å². The van der Waals surface area contributed by atoms with Gasteiger partial charge in [0.25, 0.3) is 0 Å². The zero-order valence-corrected chi connectivity index (χ0v) is 19.0. The smallest absolute Gasteiger partial charge is 0.340 e. The van der Waals surface area contributed by atoms with Crippen LogP contribution in [-0.2, 0) is 4.74 Å². The number of benzene rings is 2. The fraction of sp³-hybridized carbons (Fsp3) is 0.238. The molecule has 1 aromatic heterocycles. The molecule has 4 rings (SSSR count). The summed E-state index contributed by atoms with van der Waals surface area (Å²) in [5.74, 6) is 0.211. The van der Waals surface area contributed by atoms with Crippen LogP contribution in [0.5, 0.6) is 0 Å². The van der Waals surface area contributed by atoms with Crippen LogP contribution >= 0.6 is 38.5 Å². The van der Waals surface area contributed by atoms with Crippen LogP contribution < -0.4 is 5.32 Å². The van der Waals surface area contributed by atoms with Crippen LogP contribution in [-0.4, -0.2) is 22.1 Å². The number of aromatic nitrogens is 2. The van der Waals surface area contributed by atoms with Crippen molar-refractivity contribution in [1.82, 2.24) is 9.55 Å². The molecule has 0 aliphatic heterocycles. The highest BCUT2D eigenvalue weighted by molar-refractivity contribution is 14.1. The lowest BCUT2D eigenvalue weighted by atomic mass is 10.1. The highest BCUT2D eigenvalue weighted by Gasteiger charge is 2.25. The van der Waals surface area contributed by atoms with Crippen LogP contribution in [0.15, 0.2) is 53.5 Å². The molecule has 2 aromatic carbocycles. The Kier molecular flexibility index (Phi) is 5.73. The van der Waals surface area contributed by atoms with Gasteiger partial charge < -0.3 is 14.6 Å². The summed E-state index contributed by atoms with van der Waals surface area (Å²) < 4.78 is 9.41. The average Bonchev–Trinajstić information content (AvgIpc) is 3.34. The van der Waals surface area contributed by atoms with Crippen molar-refractivity contribution in [1.29, 1.82) is 0 Å². The Morgan fingerprint density at radius 2 is 2.14 bits per heavy atom. The van der Waals surface area contributed by atoms with E-state index in [1.165, 1.54) is 3.57 Å². The van der Waals surface area contributed by atoms with Crippen LogP contribution in [0.2, 0.25) is 0 Å². The Morgan fingerprint density at radius 3 is 2.82 bits per heavy atom. The zero-order chi connectivity index (χ0) is 19.7. The molecule has 0 unspecified atom stereocenters. The lowest BCUT2D eigenvalue weighted by molar-refractivity contribution is 0.0487. The van der Waals surface area contributed by atoms with Crippen molar-refractivity contribution in [2.24, 2.45) is 5.92 Å². The highest BCUT2D eigenvalue weighted by atomic mass is 127. The largest absolute Gasteiger partial charge is 0.462 e. The third-order valence-electron chi connectivity index (χ3n) is 4.69. The molecule has 1 N–H and O–H groups in total. The fourth-order valence-electron chi connectivity index (χ4n) is 2.90. The Morgan fingerprint density at radius 1 is 1.32 bits per heavy atom. The molecule has 3 aromatic rings. The van der Waals surface area contributed by atoms with Gasteiger partial charge in [0.05, 0.1) is 29.9 Å². The third kappa shape index (κ3) is 4.41. The van der Waals surface area contributed by atoms with E-state index >= 15 is 0 Å². The maximum absolute atomic E-state index is 12.8. The summed E-state index contributed by atoms with van der Waals surface area (Å²) >= 11 is 5.88. The van der Waals surface area contributed by atoms with E-state index in [1.54, 1.807) is 12.5 Å². The van der Waals surface area contributed by atoms with Crippen LogP contribution in [0.1, 0.15) is 28.8 Å². The number of imidazole rings is 1. The van der Waals surface area contributed by atoms with E-state index in [9.17, 15) is 4.79 Å². The molecule has 1 aliphatic carbocycles. The monoisotopic (exact) mass is 551 g/mol. The molecule has 0 atom stereocenters. The number of anilines is 2. The van der Waals surface area contributed by atoms with Crippen molar-refractivity contribution >= 4 is 55.9 Å². The van der Waals surface area contributed by atoms with Crippen molar-refractivity contribution in [3.63, 3.8) is 0 Å². The number of carbonyl (C=O) groups is 1. The Balaban J connectivity index is 1.72. The second kappa shape index (κ2) is 8.24. The summed E-state index contributed by atoms with van der Waals surface area (Å²) in [6.07, 6.45) is 7.60. The molecule has 1 heterocycles. The molecule has 7 heteroatoms. The fourth-order valence-corrected chi connectivity index (χ4v) is 4.10. The van der Waals surface area contributed by atoms with Crippen molar-refractivity contribution in [2.45, 2.75) is 19.8 Å². The third-order valence-corrected chi connectivity index (χ3v) is 6.00. The van der Waals surface area contributed by atoms with Gasteiger partial charge >= 0.3 is 5.97 Å². The highest BCUT2D eigenvalue weighted by Crippen LogP contribution is 2.33. The first-order valence-electron chi connectivity index (χ1n) is 9.03. The van der Waals surface area contributed by atoms with Gasteiger partial charge in [0.15, 0.2) is 0 Å². The number of halogens is 2. The molecule has 28 heavy (non-hydrogen) atoms. The Hall–Kier alpha value is -1.87. The predicted molar refractivity (Wildman–Crippen MR) is 121 cm³/mol. The number of ether oxygens (including phenoxy) is 1. The number of carbonyl (C=O) groups excluding carboxylic acids is 1. The van der Waals surface area contributed by atoms with Crippen LogP contribution in [0, 0.1) is 16.4 Å². The van der Waals surface area contributed by atoms with Gasteiger partial charge in [-0.3, -0.25) is 0 Å². The lowest BCUT2D eigenvalue weighted by Crippen LogP contribution is -2.11. The molecule has 0 radical (unpaired) electrons. The molecular formula is C21H19BrIN3O2. The molecule has 0 spiro atoms. The van der Waals surface area contributed by atoms with Crippen LogP contribution in [0.3, 0.4) is 0 Å². The maximum Gasteiger partial charge on any atom is 0.340 e. The standard InChI is InChI=1S/C21H19BrIN3O2/c1-13-8-15(23)4-5-18(13)25-19-10-20(26-7-6-24-12-26)17(22)9-16(19)21(27)28-11-14-2-3-14/h4-10,12,14,25H,2-3,11H2,1H3. The van der Waals surface area contributed by atoms with Crippen LogP contribution in [0.25, 0.3) is 5.69 Å². The normalized spacial score (nSPS) is 13.4. The molecule has 0 amide bonds. The van der Waals surface area contributed by atoms with Crippen molar-refractivity contribution in [3.8, 4) is 5.69 Å². The van der Waals surface area contributed by atoms with Gasteiger partial charge in [-0.2, -0.15) is 0 Å². The minimum atomic E-state index is -0.310. The van der Waals surface area contributed by atoms with E-state index in [1.807, 2.05) is 42.0 Å². The van der Waals surface area contributed by atoms with Gasteiger partial charge in [-0.15, -0.1) is 0 Å². The Bertz CT molecular complexity index is 1020. The molecule has 1 fully saturated rings. The number of hydrogen-bond acceptors (Lipinski definition) is 4. The summed E-state index contributed by atoms with van der Waals surface area (Å²) in [7, 11) is 0. The molecule has 1 saturated carbocycles. The van der Waals surface area contributed by atoms with Gasteiger partial charge in [0, 0.05) is 26.1 Å². The molecular weight excluding hydrogens is 533 g/mol. The number of rotatable bonds is 6. The molecule has 0 bridgehead atoms. The van der Waals surface area contributed by atoms with E-state index < -0.39 is 0 Å². The van der Waals surface area contributed by atoms with E-state index in [2.05, 4.69) is 54.9 Å². The summed E-state index contributed by atoms with van der Waals surface area (Å²) in [6.45, 7) is 2.53. The van der Waals surface area contributed by atoms with Gasteiger partial charge in [-0.1, -0.05) is 0 Å². The van der Waals surface area contributed by atoms with E-state index in [-0.39, 0.29) is 5.97 Å². The van der Waals surface area contributed by atoms with Crippen LogP contribution in [0.4, 0.5) is 11.4 Å². The number of esters is 1. The molecule has 144 valence electrons. The first kappa shape index (κ1) is 19.4. The number of hydrogen-bond donors (Lipinski definition) is 1. The van der Waals surface area contributed by atoms with Gasteiger partial charge in [-0.05, 0) is 100 Å². The molecule has 5 nitrogen and oxygen atoms in total. The van der Waals surface area contributed by atoms with Crippen molar-refractivity contribution in [3.05, 3.63) is 68.2 Å². The SMILES string of the molecule is Cc1cc(I)ccc1Nc1cc(-n2ccnc2)c(Br)cc1C(=O)OCC1CC1. The summed E-state index contributed by atoms with van der Waals surface area (Å²) in [6, 6.07) is 9.92. The first-order valence-corrected chi connectivity index (χ1v) is 10.9. The maximum atomic E-state index is 12.8. The second-order valence-electron chi connectivity index (χ2n) is 6.95. The first-order chi connectivity index (χ1) is 13.5. The van der Waals surface area contributed by atoms with Gasteiger partial charge in [0.1, 0.15) is 0 Å². The molecule has 0 saturated heterocycles. The topological polar surface area (TPSA) is 56.2 Å². The minimum Gasteiger partial charge on any atom is -0.462 e. The minimum absolute atomic E-state index is 0.310. The quantitative estimate of drug-likeness (QED) is 0.308. The van der Waals surface area contributed by atoms with Crippen molar-refractivity contribution < 1.29 is 9.53 Å². The van der Waals surface area contributed by atoms with E-state index in [0.717, 1.165) is 34.3 Å².